The Morgan fingerprint density at radius 1 is 1.26 bits per heavy atom. The summed E-state index contributed by atoms with van der Waals surface area (Å²) in [5.41, 5.74) is 1.05. The molecule has 1 heterocycles. The Bertz CT molecular complexity index is 450. The molecule has 5 nitrogen and oxygen atoms in total. The lowest BCUT2D eigenvalue weighted by Crippen LogP contribution is -2.26. The fourth-order valence-corrected chi connectivity index (χ4v) is 1.95. The van der Waals surface area contributed by atoms with Gasteiger partial charge < -0.3 is 10.2 Å². The topological polar surface area (TPSA) is 64.8 Å². The zero-order chi connectivity index (χ0) is 14.3. The van der Waals surface area contributed by atoms with Crippen LogP contribution in [0.4, 0.5) is 11.6 Å². The van der Waals surface area contributed by atoms with Crippen molar-refractivity contribution in [1.82, 2.24) is 9.97 Å². The molecule has 19 heavy (non-hydrogen) atoms. The number of nitrogens with one attached hydrogen (secondary N) is 1. The van der Waals surface area contributed by atoms with Crippen molar-refractivity contribution in [2.45, 2.75) is 40.5 Å². The third kappa shape index (κ3) is 3.82. The molecule has 0 saturated carbocycles. The second-order valence-corrected chi connectivity index (χ2v) is 4.31. The summed E-state index contributed by atoms with van der Waals surface area (Å²) in [5.74, 6) is 2.69. The summed E-state index contributed by atoms with van der Waals surface area (Å²) < 4.78 is 0. The van der Waals surface area contributed by atoms with Gasteiger partial charge in [-0.2, -0.15) is 5.26 Å². The molecule has 1 rings (SSSR count). The molecular weight excluding hydrogens is 238 g/mol. The van der Waals surface area contributed by atoms with E-state index in [-0.39, 0.29) is 0 Å². The lowest BCUT2D eigenvalue weighted by molar-refractivity contribution is 0.789. The zero-order valence-corrected chi connectivity index (χ0v) is 12.3. The van der Waals surface area contributed by atoms with Crippen LogP contribution in [0.15, 0.2) is 0 Å². The molecule has 0 amide bonds. The number of hydrogen-bond acceptors (Lipinski definition) is 5. The molecule has 0 radical (unpaired) electrons. The van der Waals surface area contributed by atoms with Crippen LogP contribution >= 0.6 is 0 Å². The van der Waals surface area contributed by atoms with Crippen LogP contribution in [0, 0.1) is 18.3 Å². The van der Waals surface area contributed by atoms with E-state index >= 15 is 0 Å². The highest BCUT2D eigenvalue weighted by Crippen LogP contribution is 2.23. The van der Waals surface area contributed by atoms with Gasteiger partial charge in [0.25, 0.3) is 0 Å². The molecule has 0 aromatic carbocycles. The first-order valence-corrected chi connectivity index (χ1v) is 6.91. The molecule has 0 aliphatic carbocycles. The minimum absolute atomic E-state index is 0.509. The van der Waals surface area contributed by atoms with Crippen LogP contribution in [0.2, 0.25) is 0 Å². The lowest BCUT2D eigenvalue weighted by Gasteiger charge is -2.24. The lowest BCUT2D eigenvalue weighted by atomic mass is 10.2. The van der Waals surface area contributed by atoms with E-state index < -0.39 is 0 Å². The van der Waals surface area contributed by atoms with Gasteiger partial charge in [0, 0.05) is 31.6 Å². The van der Waals surface area contributed by atoms with Crippen molar-refractivity contribution in [2.24, 2.45) is 0 Å². The molecule has 0 spiro atoms. The smallest absolute Gasteiger partial charge is 0.137 e. The summed E-state index contributed by atoms with van der Waals surface area (Å²) >= 11 is 0. The minimum atomic E-state index is 0.509. The molecule has 0 aliphatic rings. The number of anilines is 2. The first kappa shape index (κ1) is 15.2. The average molecular weight is 261 g/mol. The summed E-state index contributed by atoms with van der Waals surface area (Å²) in [6.07, 6.45) is 1.32. The Morgan fingerprint density at radius 3 is 2.53 bits per heavy atom. The van der Waals surface area contributed by atoms with Gasteiger partial charge in [0.1, 0.15) is 17.5 Å². The molecule has 1 aromatic rings. The number of hydrogen-bond donors (Lipinski definition) is 1. The molecule has 1 aromatic heterocycles. The van der Waals surface area contributed by atoms with Crippen molar-refractivity contribution in [1.29, 1.82) is 5.26 Å². The second kappa shape index (κ2) is 7.57. The van der Waals surface area contributed by atoms with Gasteiger partial charge in [0.15, 0.2) is 0 Å². The quantitative estimate of drug-likeness (QED) is 0.817. The molecule has 0 atom stereocenters. The Labute approximate surface area is 115 Å². The van der Waals surface area contributed by atoms with E-state index in [9.17, 15) is 0 Å². The van der Waals surface area contributed by atoms with Gasteiger partial charge >= 0.3 is 0 Å². The van der Waals surface area contributed by atoms with E-state index in [0.29, 0.717) is 13.0 Å². The van der Waals surface area contributed by atoms with E-state index in [4.69, 9.17) is 5.26 Å². The monoisotopic (exact) mass is 261 g/mol. The van der Waals surface area contributed by atoms with E-state index in [1.165, 1.54) is 0 Å². The molecule has 0 saturated heterocycles. The Hall–Kier alpha value is -1.83. The Kier molecular flexibility index (Phi) is 6.07. The van der Waals surface area contributed by atoms with Crippen LogP contribution in [0.3, 0.4) is 0 Å². The van der Waals surface area contributed by atoms with Crippen LogP contribution in [0.1, 0.15) is 38.6 Å². The van der Waals surface area contributed by atoms with Crippen molar-refractivity contribution in [3.8, 4) is 6.07 Å². The van der Waals surface area contributed by atoms with Crippen LogP contribution in [0.5, 0.6) is 0 Å². The van der Waals surface area contributed by atoms with E-state index in [2.05, 4.69) is 47.0 Å². The molecule has 0 aliphatic heterocycles. The molecule has 5 heteroatoms. The highest BCUT2D eigenvalue weighted by atomic mass is 15.2. The average Bonchev–Trinajstić information content (AvgIpc) is 2.43. The molecule has 1 N–H and O–H groups in total. The van der Waals surface area contributed by atoms with Crippen LogP contribution in [0.25, 0.3) is 0 Å². The maximum atomic E-state index is 8.74. The van der Waals surface area contributed by atoms with Crippen molar-refractivity contribution in [2.75, 3.05) is 29.9 Å². The molecule has 104 valence electrons. The molecule has 0 unspecified atom stereocenters. The highest BCUT2D eigenvalue weighted by Gasteiger charge is 2.14. The normalized spacial score (nSPS) is 10.1. The maximum Gasteiger partial charge on any atom is 0.137 e. The fraction of sp³-hybridized carbons (Fsp3) is 0.643. The summed E-state index contributed by atoms with van der Waals surface area (Å²) in [7, 11) is 0. The number of nitrogens with zero attached hydrogens (tertiary/aromatic N) is 4. The third-order valence-electron chi connectivity index (χ3n) is 3.00. The second-order valence-electron chi connectivity index (χ2n) is 4.31. The molecule has 0 fully saturated rings. The van der Waals surface area contributed by atoms with Crippen molar-refractivity contribution >= 4 is 11.6 Å². The van der Waals surface area contributed by atoms with Crippen molar-refractivity contribution in [3.05, 3.63) is 11.4 Å². The predicted molar refractivity (Wildman–Crippen MR) is 78.4 cm³/mol. The van der Waals surface area contributed by atoms with Gasteiger partial charge in [0.2, 0.25) is 0 Å². The predicted octanol–water partition coefficient (Wildman–Crippen LogP) is 2.52. The SMILES string of the molecule is CCNc1nc(CC)nc(N(CC)CCC#N)c1C. The van der Waals surface area contributed by atoms with Gasteiger partial charge in [-0.25, -0.2) is 9.97 Å². The van der Waals surface area contributed by atoms with Crippen LogP contribution < -0.4 is 10.2 Å². The van der Waals surface area contributed by atoms with Gasteiger partial charge in [-0.3, -0.25) is 0 Å². The molecule has 0 bridgehead atoms. The van der Waals surface area contributed by atoms with Gasteiger partial charge in [0.05, 0.1) is 12.5 Å². The summed E-state index contributed by atoms with van der Waals surface area (Å²) in [6, 6.07) is 2.19. The van der Waals surface area contributed by atoms with Gasteiger partial charge in [-0.05, 0) is 20.8 Å². The van der Waals surface area contributed by atoms with Crippen LogP contribution in [-0.2, 0) is 6.42 Å². The summed E-state index contributed by atoms with van der Waals surface area (Å²) in [4.78, 5) is 11.3. The largest absolute Gasteiger partial charge is 0.370 e. The summed E-state index contributed by atoms with van der Waals surface area (Å²) in [5, 5.41) is 12.0. The number of aryl methyl sites for hydroxylation is 1. The number of rotatable bonds is 7. The van der Waals surface area contributed by atoms with E-state index in [1.54, 1.807) is 0 Å². The first-order valence-electron chi connectivity index (χ1n) is 6.91. The van der Waals surface area contributed by atoms with Gasteiger partial charge in [-0.1, -0.05) is 6.92 Å². The fourth-order valence-electron chi connectivity index (χ4n) is 1.95. The van der Waals surface area contributed by atoms with E-state index in [0.717, 1.165) is 42.5 Å². The van der Waals surface area contributed by atoms with Crippen molar-refractivity contribution < 1.29 is 0 Å². The van der Waals surface area contributed by atoms with Crippen molar-refractivity contribution in [3.63, 3.8) is 0 Å². The third-order valence-corrected chi connectivity index (χ3v) is 3.00. The highest BCUT2D eigenvalue weighted by molar-refractivity contribution is 5.58. The maximum absolute atomic E-state index is 8.74. The minimum Gasteiger partial charge on any atom is -0.370 e. The Morgan fingerprint density at radius 2 is 2.00 bits per heavy atom. The molecular formula is C14H23N5. The standard InChI is InChI=1S/C14H23N5/c1-5-12-17-13(16-6-2)11(4)14(18-12)19(7-3)10-8-9-15/h5-8,10H2,1-4H3,(H,16,17,18). The Balaban J connectivity index is 3.15. The summed E-state index contributed by atoms with van der Waals surface area (Å²) in [6.45, 7) is 10.6. The van der Waals surface area contributed by atoms with E-state index in [1.807, 2.05) is 6.92 Å². The number of nitriles is 1. The number of aromatic nitrogens is 2. The van der Waals surface area contributed by atoms with Gasteiger partial charge in [-0.15, -0.1) is 0 Å². The zero-order valence-electron chi connectivity index (χ0n) is 12.3. The van der Waals surface area contributed by atoms with Crippen LogP contribution in [-0.4, -0.2) is 29.6 Å². The first-order chi connectivity index (χ1) is 9.17.